The summed E-state index contributed by atoms with van der Waals surface area (Å²) in [6.45, 7) is 13.6. The van der Waals surface area contributed by atoms with Gasteiger partial charge in [-0.2, -0.15) is 0 Å². The molecule has 0 radical (unpaired) electrons. The van der Waals surface area contributed by atoms with E-state index in [1.165, 1.54) is 5.57 Å². The van der Waals surface area contributed by atoms with Crippen molar-refractivity contribution in [2.75, 3.05) is 0 Å². The zero-order valence-electron chi connectivity index (χ0n) is 17.7. The van der Waals surface area contributed by atoms with Gasteiger partial charge in [-0.15, -0.1) is 0 Å². The first-order valence-electron chi connectivity index (χ1n) is 9.84. The second-order valence-electron chi connectivity index (χ2n) is 8.40. The van der Waals surface area contributed by atoms with E-state index in [1.54, 1.807) is 13.8 Å². The lowest BCUT2D eigenvalue weighted by atomic mass is 9.79. The van der Waals surface area contributed by atoms with Crippen molar-refractivity contribution in [3.05, 3.63) is 33.9 Å². The first-order chi connectivity index (χ1) is 12.0. The number of Topliss-reactive ketones (excluding diaryl/α,β-unsaturated/α-hetero) is 2. The lowest BCUT2D eigenvalue weighted by Crippen LogP contribution is -2.27. The van der Waals surface area contributed by atoms with Crippen LogP contribution in [0.5, 0.6) is 0 Å². The van der Waals surface area contributed by atoms with Gasteiger partial charge in [-0.3, -0.25) is 9.59 Å². The second-order valence-corrected chi connectivity index (χ2v) is 8.40. The topological polar surface area (TPSA) is 54.4 Å². The molecule has 26 heavy (non-hydrogen) atoms. The van der Waals surface area contributed by atoms with Gasteiger partial charge in [-0.25, -0.2) is 0 Å². The van der Waals surface area contributed by atoms with Gasteiger partial charge in [-0.1, -0.05) is 31.9 Å². The predicted octanol–water partition coefficient (Wildman–Crippen LogP) is 5.49. The Morgan fingerprint density at radius 2 is 1.62 bits per heavy atom. The fourth-order valence-electron chi connectivity index (χ4n) is 3.30. The van der Waals surface area contributed by atoms with Gasteiger partial charge in [0.15, 0.2) is 11.6 Å². The molecule has 0 fully saturated rings. The van der Waals surface area contributed by atoms with Gasteiger partial charge in [0.1, 0.15) is 0 Å². The maximum absolute atomic E-state index is 12.8. The molecule has 1 aliphatic carbocycles. The maximum Gasteiger partial charge on any atom is 0.185 e. The molecular formula is C23H36O3. The number of ketones is 2. The Morgan fingerprint density at radius 3 is 2.15 bits per heavy atom. The van der Waals surface area contributed by atoms with Crippen LogP contribution in [0, 0.1) is 5.92 Å². The number of allylic oxidation sites excluding steroid dienone is 6. The third kappa shape index (κ3) is 6.05. The normalized spacial score (nSPS) is 18.9. The Labute approximate surface area is 159 Å². The monoisotopic (exact) mass is 360 g/mol. The first-order valence-corrected chi connectivity index (χ1v) is 9.84. The number of carbonyl (C=O) groups is 2. The van der Waals surface area contributed by atoms with Crippen LogP contribution in [0.4, 0.5) is 0 Å². The van der Waals surface area contributed by atoms with Crippen molar-refractivity contribution in [2.45, 2.75) is 92.6 Å². The molecule has 1 aliphatic rings. The van der Waals surface area contributed by atoms with Crippen LogP contribution in [0.25, 0.3) is 0 Å². The summed E-state index contributed by atoms with van der Waals surface area (Å²) in [6, 6.07) is 0. The average molecular weight is 361 g/mol. The average Bonchev–Trinajstić information content (AvgIpc) is 2.56. The smallest absolute Gasteiger partial charge is 0.185 e. The fraction of sp³-hybridized carbons (Fsp3) is 0.652. The summed E-state index contributed by atoms with van der Waals surface area (Å²) < 4.78 is 0. The molecule has 0 aromatic rings. The van der Waals surface area contributed by atoms with Crippen LogP contribution in [0.1, 0.15) is 87.0 Å². The highest BCUT2D eigenvalue weighted by atomic mass is 16.3. The summed E-state index contributed by atoms with van der Waals surface area (Å²) in [6.07, 6.45) is 6.18. The van der Waals surface area contributed by atoms with Crippen LogP contribution in [0.3, 0.4) is 0 Å². The molecule has 3 heteroatoms. The number of aliphatic hydroxyl groups is 1. The van der Waals surface area contributed by atoms with E-state index < -0.39 is 5.60 Å². The standard InChI is InChI=1S/C23H36O3/c1-8-16(4)14-20-18(6)21(24)19(17(5)22(20)25)11-13-23(7,26)12-9-10-15(2)3/h10,16,26H,8-9,11-14H2,1-7H3/t16-,23-/m0/s1. The Bertz CT molecular complexity index is 640. The van der Waals surface area contributed by atoms with Crippen molar-refractivity contribution in [3.8, 4) is 0 Å². The van der Waals surface area contributed by atoms with Crippen LogP contribution in [-0.2, 0) is 9.59 Å². The molecular weight excluding hydrogens is 324 g/mol. The summed E-state index contributed by atoms with van der Waals surface area (Å²) in [5.74, 6) is 0.393. The van der Waals surface area contributed by atoms with E-state index in [9.17, 15) is 14.7 Å². The molecule has 1 rings (SSSR count). The summed E-state index contributed by atoms with van der Waals surface area (Å²) in [7, 11) is 0. The van der Waals surface area contributed by atoms with Crippen LogP contribution in [0.2, 0.25) is 0 Å². The molecule has 3 nitrogen and oxygen atoms in total. The Balaban J connectivity index is 2.87. The van der Waals surface area contributed by atoms with Crippen LogP contribution in [-0.4, -0.2) is 22.3 Å². The van der Waals surface area contributed by atoms with E-state index in [0.717, 1.165) is 12.8 Å². The van der Waals surface area contributed by atoms with E-state index in [2.05, 4.69) is 19.9 Å². The van der Waals surface area contributed by atoms with Crippen LogP contribution < -0.4 is 0 Å². The summed E-state index contributed by atoms with van der Waals surface area (Å²) in [5.41, 5.74) is 2.84. The number of hydrogen-bond acceptors (Lipinski definition) is 3. The third-order valence-corrected chi connectivity index (χ3v) is 5.53. The van der Waals surface area contributed by atoms with Gasteiger partial charge in [0.25, 0.3) is 0 Å². The molecule has 0 saturated carbocycles. The molecule has 0 amide bonds. The Hall–Kier alpha value is -1.48. The van der Waals surface area contributed by atoms with Gasteiger partial charge in [0.2, 0.25) is 0 Å². The molecule has 0 saturated heterocycles. The summed E-state index contributed by atoms with van der Waals surface area (Å²) in [5, 5.41) is 10.6. The predicted molar refractivity (Wildman–Crippen MR) is 108 cm³/mol. The van der Waals surface area contributed by atoms with E-state index in [4.69, 9.17) is 0 Å². The minimum Gasteiger partial charge on any atom is -0.390 e. The van der Waals surface area contributed by atoms with Crippen molar-refractivity contribution in [2.24, 2.45) is 5.92 Å². The summed E-state index contributed by atoms with van der Waals surface area (Å²) >= 11 is 0. The SMILES string of the molecule is CC[C@H](C)CC1=C(C)C(=O)C(CC[C@@](C)(O)CCC=C(C)C)=C(C)C1=O. The quantitative estimate of drug-likeness (QED) is 0.437. The maximum atomic E-state index is 12.8. The molecule has 146 valence electrons. The Morgan fingerprint density at radius 1 is 1.08 bits per heavy atom. The second kappa shape index (κ2) is 9.45. The number of hydrogen-bond donors (Lipinski definition) is 1. The molecule has 1 N–H and O–H groups in total. The lowest BCUT2D eigenvalue weighted by molar-refractivity contribution is -0.116. The highest BCUT2D eigenvalue weighted by Crippen LogP contribution is 2.33. The minimum atomic E-state index is -0.836. The molecule has 0 aromatic heterocycles. The molecule has 0 heterocycles. The van der Waals surface area contributed by atoms with E-state index in [-0.39, 0.29) is 11.6 Å². The van der Waals surface area contributed by atoms with E-state index in [0.29, 0.717) is 53.9 Å². The van der Waals surface area contributed by atoms with Gasteiger partial charge in [-0.05, 0) is 72.6 Å². The van der Waals surface area contributed by atoms with Gasteiger partial charge in [0, 0.05) is 22.3 Å². The fourth-order valence-corrected chi connectivity index (χ4v) is 3.30. The molecule has 0 aliphatic heterocycles. The first kappa shape index (κ1) is 22.6. The molecule has 0 unspecified atom stereocenters. The van der Waals surface area contributed by atoms with Gasteiger partial charge < -0.3 is 5.11 Å². The van der Waals surface area contributed by atoms with E-state index in [1.807, 2.05) is 20.8 Å². The summed E-state index contributed by atoms with van der Waals surface area (Å²) in [4.78, 5) is 25.6. The van der Waals surface area contributed by atoms with Crippen LogP contribution >= 0.6 is 0 Å². The molecule has 0 spiro atoms. The largest absolute Gasteiger partial charge is 0.390 e. The van der Waals surface area contributed by atoms with Crippen molar-refractivity contribution in [1.29, 1.82) is 0 Å². The van der Waals surface area contributed by atoms with Crippen molar-refractivity contribution >= 4 is 11.6 Å². The minimum absolute atomic E-state index is 0.0134. The molecule has 2 atom stereocenters. The zero-order chi connectivity index (χ0) is 20.1. The van der Waals surface area contributed by atoms with Crippen molar-refractivity contribution in [1.82, 2.24) is 0 Å². The van der Waals surface area contributed by atoms with Crippen LogP contribution in [0.15, 0.2) is 33.9 Å². The van der Waals surface area contributed by atoms with Crippen molar-refractivity contribution in [3.63, 3.8) is 0 Å². The number of carbonyl (C=O) groups excluding carboxylic acids is 2. The van der Waals surface area contributed by atoms with E-state index >= 15 is 0 Å². The zero-order valence-corrected chi connectivity index (χ0v) is 17.7. The third-order valence-electron chi connectivity index (χ3n) is 5.53. The van der Waals surface area contributed by atoms with Gasteiger partial charge in [0.05, 0.1) is 5.60 Å². The Kier molecular flexibility index (Phi) is 8.20. The lowest BCUT2D eigenvalue weighted by Gasteiger charge is -2.26. The highest BCUT2D eigenvalue weighted by Gasteiger charge is 2.31. The molecule has 0 aromatic carbocycles. The van der Waals surface area contributed by atoms with Gasteiger partial charge >= 0.3 is 0 Å². The number of rotatable bonds is 9. The molecule has 0 bridgehead atoms. The highest BCUT2D eigenvalue weighted by molar-refractivity contribution is 6.24. The van der Waals surface area contributed by atoms with Crippen molar-refractivity contribution < 1.29 is 14.7 Å².